The van der Waals surface area contributed by atoms with E-state index in [2.05, 4.69) is 29.2 Å². The molecule has 2 unspecified atom stereocenters. The van der Waals surface area contributed by atoms with Gasteiger partial charge in [-0.25, -0.2) is 10.2 Å². The number of carbonyl (C=O) groups is 2. The minimum absolute atomic E-state index is 0.0568. The van der Waals surface area contributed by atoms with Gasteiger partial charge < -0.3 is 14.8 Å². The first kappa shape index (κ1) is 17.2. The molecular weight excluding hydrogens is 346 g/mol. The summed E-state index contributed by atoms with van der Waals surface area (Å²) in [5.41, 5.74) is 8.37. The number of urea groups is 1. The molecule has 3 amide bonds. The Morgan fingerprint density at radius 1 is 1.07 bits per heavy atom. The van der Waals surface area contributed by atoms with Gasteiger partial charge in [0.1, 0.15) is 6.61 Å². The number of aryl methyl sites for hydroxylation is 2. The van der Waals surface area contributed by atoms with Gasteiger partial charge in [0, 0.05) is 0 Å². The smallest absolute Gasteiger partial charge is 0.333 e. The third-order valence-electron chi connectivity index (χ3n) is 4.78. The molecule has 2 aromatic carbocycles. The number of hydrazine groups is 1. The van der Waals surface area contributed by atoms with Crippen molar-refractivity contribution in [1.29, 1.82) is 0 Å². The fraction of sp³-hybridized carbons (Fsp3) is 0.300. The Bertz CT molecular complexity index is 883. The van der Waals surface area contributed by atoms with Crippen LogP contribution in [0, 0.1) is 6.92 Å². The van der Waals surface area contributed by atoms with Crippen molar-refractivity contribution in [1.82, 2.24) is 16.2 Å². The molecule has 4 rings (SSSR count). The van der Waals surface area contributed by atoms with E-state index in [1.807, 2.05) is 18.2 Å². The first-order valence-corrected chi connectivity index (χ1v) is 8.94. The monoisotopic (exact) mass is 367 g/mol. The molecule has 0 fully saturated rings. The van der Waals surface area contributed by atoms with Gasteiger partial charge in [0.15, 0.2) is 11.5 Å². The highest BCUT2D eigenvalue weighted by Crippen LogP contribution is 2.32. The van der Waals surface area contributed by atoms with Gasteiger partial charge in [-0.05, 0) is 43.0 Å². The number of carbonyl (C=O) groups excluding carboxylic acids is 2. The van der Waals surface area contributed by atoms with Gasteiger partial charge in [-0.2, -0.15) is 0 Å². The van der Waals surface area contributed by atoms with E-state index in [4.69, 9.17) is 9.47 Å². The van der Waals surface area contributed by atoms with Crippen LogP contribution in [0.25, 0.3) is 0 Å². The summed E-state index contributed by atoms with van der Waals surface area (Å²) in [5, 5.41) is 2.89. The van der Waals surface area contributed by atoms with Crippen LogP contribution in [0.4, 0.5) is 4.79 Å². The summed E-state index contributed by atoms with van der Waals surface area (Å²) in [7, 11) is 0. The number of para-hydroxylation sites is 2. The molecule has 1 heterocycles. The fourth-order valence-corrected chi connectivity index (χ4v) is 3.44. The summed E-state index contributed by atoms with van der Waals surface area (Å²) in [4.78, 5) is 24.4. The normalized spacial score (nSPS) is 19.7. The Morgan fingerprint density at radius 2 is 1.89 bits per heavy atom. The number of rotatable bonds is 2. The topological polar surface area (TPSA) is 88.7 Å². The lowest BCUT2D eigenvalue weighted by atomic mass is 10.1. The fourth-order valence-electron chi connectivity index (χ4n) is 3.44. The van der Waals surface area contributed by atoms with Gasteiger partial charge in [-0.1, -0.05) is 35.9 Å². The second kappa shape index (κ2) is 7.19. The van der Waals surface area contributed by atoms with E-state index < -0.39 is 18.0 Å². The molecular formula is C20H21N3O4. The SMILES string of the molecule is Cc1ccc2c(c1)CCC2NC(=O)NNC(=O)C1COc2ccccc2O1. The van der Waals surface area contributed by atoms with Crippen LogP contribution in [-0.4, -0.2) is 24.6 Å². The van der Waals surface area contributed by atoms with Crippen molar-refractivity contribution in [3.63, 3.8) is 0 Å². The van der Waals surface area contributed by atoms with E-state index >= 15 is 0 Å². The lowest BCUT2D eigenvalue weighted by Crippen LogP contribution is -2.53. The van der Waals surface area contributed by atoms with E-state index in [1.165, 1.54) is 11.1 Å². The van der Waals surface area contributed by atoms with Crippen molar-refractivity contribution < 1.29 is 19.1 Å². The molecule has 140 valence electrons. The van der Waals surface area contributed by atoms with Gasteiger partial charge in [-0.15, -0.1) is 0 Å². The molecule has 7 heteroatoms. The molecule has 0 spiro atoms. The van der Waals surface area contributed by atoms with Crippen molar-refractivity contribution in [2.75, 3.05) is 6.61 Å². The number of nitrogens with one attached hydrogen (secondary N) is 3. The van der Waals surface area contributed by atoms with Crippen molar-refractivity contribution in [2.24, 2.45) is 0 Å². The summed E-state index contributed by atoms with van der Waals surface area (Å²) in [6, 6.07) is 12.9. The first-order valence-electron chi connectivity index (χ1n) is 8.94. The van der Waals surface area contributed by atoms with E-state index in [0.717, 1.165) is 18.4 Å². The molecule has 0 saturated carbocycles. The number of amides is 3. The summed E-state index contributed by atoms with van der Waals surface area (Å²) in [5.74, 6) is 0.635. The second-order valence-electron chi connectivity index (χ2n) is 6.75. The van der Waals surface area contributed by atoms with Crippen molar-refractivity contribution in [3.05, 3.63) is 59.2 Å². The average Bonchev–Trinajstić information content (AvgIpc) is 3.07. The Morgan fingerprint density at radius 3 is 2.74 bits per heavy atom. The molecule has 1 aliphatic carbocycles. The minimum atomic E-state index is -0.824. The highest BCUT2D eigenvalue weighted by atomic mass is 16.6. The second-order valence-corrected chi connectivity index (χ2v) is 6.75. The maximum absolute atomic E-state index is 12.2. The Balaban J connectivity index is 1.28. The highest BCUT2D eigenvalue weighted by molar-refractivity contribution is 5.85. The zero-order valence-electron chi connectivity index (χ0n) is 15.0. The molecule has 27 heavy (non-hydrogen) atoms. The van der Waals surface area contributed by atoms with Crippen LogP contribution in [-0.2, 0) is 11.2 Å². The van der Waals surface area contributed by atoms with Crippen LogP contribution in [0.5, 0.6) is 11.5 Å². The van der Waals surface area contributed by atoms with Crippen molar-refractivity contribution in [3.8, 4) is 11.5 Å². The maximum atomic E-state index is 12.2. The van der Waals surface area contributed by atoms with Crippen LogP contribution in [0.1, 0.15) is 29.2 Å². The number of benzene rings is 2. The predicted octanol–water partition coefficient (Wildman–Crippen LogP) is 2.15. The van der Waals surface area contributed by atoms with Gasteiger partial charge in [0.2, 0.25) is 6.10 Å². The number of hydrogen-bond donors (Lipinski definition) is 3. The standard InChI is InChI=1S/C20H21N3O4/c1-12-6-8-14-13(10-12)7-9-15(14)21-20(25)23-22-19(24)18-11-26-16-4-2-3-5-17(16)27-18/h2-6,8,10,15,18H,7,9,11H2,1H3,(H,22,24)(H2,21,23,25). The molecule has 1 aliphatic heterocycles. The Labute approximate surface area is 157 Å². The lowest BCUT2D eigenvalue weighted by Gasteiger charge is -2.25. The van der Waals surface area contributed by atoms with Crippen LogP contribution in [0.2, 0.25) is 0 Å². The zero-order chi connectivity index (χ0) is 18.8. The Hall–Kier alpha value is -3.22. The molecule has 0 bridgehead atoms. The lowest BCUT2D eigenvalue weighted by molar-refractivity contribution is -0.131. The zero-order valence-corrected chi connectivity index (χ0v) is 15.0. The van der Waals surface area contributed by atoms with E-state index in [1.54, 1.807) is 18.2 Å². The summed E-state index contributed by atoms with van der Waals surface area (Å²) < 4.78 is 11.1. The summed E-state index contributed by atoms with van der Waals surface area (Å²) >= 11 is 0. The molecule has 3 N–H and O–H groups in total. The highest BCUT2D eigenvalue weighted by Gasteiger charge is 2.28. The van der Waals surface area contributed by atoms with Crippen LogP contribution >= 0.6 is 0 Å². The van der Waals surface area contributed by atoms with Crippen molar-refractivity contribution >= 4 is 11.9 Å². The number of ether oxygens (including phenoxy) is 2. The maximum Gasteiger partial charge on any atom is 0.333 e. The van der Waals surface area contributed by atoms with Gasteiger partial charge in [-0.3, -0.25) is 10.2 Å². The van der Waals surface area contributed by atoms with Crippen molar-refractivity contribution in [2.45, 2.75) is 31.9 Å². The van der Waals surface area contributed by atoms with E-state index in [0.29, 0.717) is 11.5 Å². The van der Waals surface area contributed by atoms with Gasteiger partial charge >= 0.3 is 6.03 Å². The van der Waals surface area contributed by atoms with Gasteiger partial charge in [0.05, 0.1) is 6.04 Å². The van der Waals surface area contributed by atoms with Crippen LogP contribution in [0.15, 0.2) is 42.5 Å². The molecule has 2 atom stereocenters. The van der Waals surface area contributed by atoms with E-state index in [-0.39, 0.29) is 12.6 Å². The molecule has 2 aliphatic rings. The molecule has 7 nitrogen and oxygen atoms in total. The van der Waals surface area contributed by atoms with Gasteiger partial charge in [0.25, 0.3) is 5.91 Å². The molecule has 0 aromatic heterocycles. The van der Waals surface area contributed by atoms with Crippen LogP contribution in [0.3, 0.4) is 0 Å². The largest absolute Gasteiger partial charge is 0.485 e. The number of fused-ring (bicyclic) bond motifs is 2. The third-order valence-corrected chi connectivity index (χ3v) is 4.78. The minimum Gasteiger partial charge on any atom is -0.485 e. The Kier molecular flexibility index (Phi) is 4.58. The summed E-state index contributed by atoms with van der Waals surface area (Å²) in [6.07, 6.45) is 0.952. The van der Waals surface area contributed by atoms with Crippen LogP contribution < -0.4 is 25.6 Å². The number of hydrogen-bond acceptors (Lipinski definition) is 4. The molecule has 2 aromatic rings. The molecule has 0 radical (unpaired) electrons. The summed E-state index contributed by atoms with van der Waals surface area (Å²) in [6.45, 7) is 2.14. The predicted molar refractivity (Wildman–Crippen MR) is 98.4 cm³/mol. The quantitative estimate of drug-likeness (QED) is 0.710. The van der Waals surface area contributed by atoms with E-state index in [9.17, 15) is 9.59 Å². The third kappa shape index (κ3) is 3.67. The molecule has 0 saturated heterocycles. The first-order chi connectivity index (χ1) is 13.1. The average molecular weight is 367 g/mol.